The molecule has 3 aromatic carbocycles. The second-order valence-corrected chi connectivity index (χ2v) is 12.1. The number of hydrogen-bond donors (Lipinski definition) is 2. The van der Waals surface area contributed by atoms with Gasteiger partial charge in [-0.1, -0.05) is 67.9 Å². The Morgan fingerprint density at radius 1 is 1.00 bits per heavy atom. The van der Waals surface area contributed by atoms with Crippen molar-refractivity contribution in [3.63, 3.8) is 0 Å². The summed E-state index contributed by atoms with van der Waals surface area (Å²) >= 11 is 9.94. The van der Waals surface area contributed by atoms with E-state index in [2.05, 4.69) is 44.9 Å². The summed E-state index contributed by atoms with van der Waals surface area (Å²) in [5.74, 6) is 1.08. The second kappa shape index (κ2) is 10.8. The van der Waals surface area contributed by atoms with Crippen LogP contribution in [0, 0.1) is 0 Å². The molecule has 38 heavy (non-hydrogen) atoms. The number of rotatable bonds is 8. The lowest BCUT2D eigenvalue weighted by atomic mass is 10.0. The molecule has 0 fully saturated rings. The molecule has 0 atom stereocenters. The predicted molar refractivity (Wildman–Crippen MR) is 156 cm³/mol. The second-order valence-electron chi connectivity index (χ2n) is 9.11. The van der Waals surface area contributed by atoms with Crippen molar-refractivity contribution in [2.24, 2.45) is 0 Å². The quantitative estimate of drug-likeness (QED) is 0.192. The Bertz CT molecular complexity index is 1700. The van der Waals surface area contributed by atoms with Gasteiger partial charge >= 0.3 is 0 Å². The minimum atomic E-state index is -3.68. The van der Waals surface area contributed by atoms with Gasteiger partial charge in [0, 0.05) is 28.9 Å². The lowest BCUT2D eigenvalue weighted by Gasteiger charge is -2.13. The number of nitrogens with one attached hydrogen (secondary N) is 2. The minimum Gasteiger partial charge on any atom is -0.366 e. The van der Waals surface area contributed by atoms with Crippen molar-refractivity contribution in [1.82, 2.24) is 14.6 Å². The van der Waals surface area contributed by atoms with Gasteiger partial charge in [0.2, 0.25) is 0 Å². The highest BCUT2D eigenvalue weighted by atomic mass is 79.9. The van der Waals surface area contributed by atoms with Gasteiger partial charge in [-0.05, 0) is 63.3 Å². The Morgan fingerprint density at radius 2 is 1.71 bits per heavy atom. The van der Waals surface area contributed by atoms with Gasteiger partial charge in [0.25, 0.3) is 10.0 Å². The first-order valence-electron chi connectivity index (χ1n) is 12.0. The molecule has 0 spiro atoms. The molecule has 2 aromatic heterocycles. The van der Waals surface area contributed by atoms with E-state index >= 15 is 0 Å². The van der Waals surface area contributed by atoms with Crippen molar-refractivity contribution in [1.29, 1.82) is 0 Å². The number of benzene rings is 3. The van der Waals surface area contributed by atoms with E-state index < -0.39 is 10.0 Å². The first-order valence-corrected chi connectivity index (χ1v) is 14.6. The fourth-order valence-corrected chi connectivity index (χ4v) is 5.64. The van der Waals surface area contributed by atoms with Crippen LogP contribution in [0.4, 0.5) is 11.5 Å². The molecule has 0 aliphatic rings. The standard InChI is InChI=1S/C28H25BrClN5O2S/c1-18(2)20-9-13-22(14-10-20)38(36,37)34-21-11-7-19(8-12-21)16-31-27-15-26(23-5-3-4-6-25(23)30)33-28-24(29)17-32-35(27)28/h3-15,17-18,31,34H,16H2,1-2H3. The van der Waals surface area contributed by atoms with E-state index in [4.69, 9.17) is 16.6 Å². The van der Waals surface area contributed by atoms with Crippen LogP contribution in [-0.2, 0) is 16.6 Å². The highest BCUT2D eigenvalue weighted by molar-refractivity contribution is 9.10. The largest absolute Gasteiger partial charge is 0.366 e. The van der Waals surface area contributed by atoms with Crippen LogP contribution in [0.2, 0.25) is 5.02 Å². The zero-order chi connectivity index (χ0) is 26.9. The third kappa shape index (κ3) is 5.55. The summed E-state index contributed by atoms with van der Waals surface area (Å²) in [5.41, 5.74) is 4.75. The molecular weight excluding hydrogens is 586 g/mol. The first-order chi connectivity index (χ1) is 18.2. The zero-order valence-corrected chi connectivity index (χ0v) is 23.8. The van der Waals surface area contributed by atoms with Gasteiger partial charge in [0.1, 0.15) is 5.82 Å². The molecule has 194 valence electrons. The summed E-state index contributed by atoms with van der Waals surface area (Å²) in [4.78, 5) is 4.96. The van der Waals surface area contributed by atoms with Crippen LogP contribution in [0.15, 0.2) is 94.4 Å². The van der Waals surface area contributed by atoms with E-state index in [1.807, 2.05) is 54.6 Å². The fourth-order valence-electron chi connectivity index (χ4n) is 4.00. The third-order valence-electron chi connectivity index (χ3n) is 6.12. The van der Waals surface area contributed by atoms with Gasteiger partial charge in [0.15, 0.2) is 5.65 Å². The Balaban J connectivity index is 1.33. The lowest BCUT2D eigenvalue weighted by molar-refractivity contribution is 0.601. The van der Waals surface area contributed by atoms with Crippen molar-refractivity contribution in [3.8, 4) is 11.3 Å². The van der Waals surface area contributed by atoms with Crippen LogP contribution in [0.3, 0.4) is 0 Å². The minimum absolute atomic E-state index is 0.231. The molecular formula is C28H25BrClN5O2S. The molecule has 2 heterocycles. The number of hydrogen-bond acceptors (Lipinski definition) is 5. The molecule has 0 bridgehead atoms. The SMILES string of the molecule is CC(C)c1ccc(S(=O)(=O)Nc2ccc(CNc3cc(-c4ccccc4Cl)nc4c(Br)cnn34)cc2)cc1. The average Bonchev–Trinajstić information content (AvgIpc) is 3.29. The molecule has 0 saturated heterocycles. The number of fused-ring (bicyclic) bond motifs is 1. The van der Waals surface area contributed by atoms with Gasteiger partial charge in [-0.15, -0.1) is 0 Å². The summed E-state index contributed by atoms with van der Waals surface area (Å²) in [6.07, 6.45) is 1.70. The highest BCUT2D eigenvalue weighted by Crippen LogP contribution is 2.30. The van der Waals surface area contributed by atoms with E-state index in [1.54, 1.807) is 35.0 Å². The van der Waals surface area contributed by atoms with Crippen LogP contribution < -0.4 is 10.0 Å². The van der Waals surface area contributed by atoms with Crippen LogP contribution in [-0.4, -0.2) is 23.0 Å². The fraction of sp³-hybridized carbons (Fsp3) is 0.143. The van der Waals surface area contributed by atoms with E-state index in [1.165, 1.54) is 0 Å². The molecule has 10 heteroatoms. The molecule has 0 radical (unpaired) electrons. The average molecular weight is 611 g/mol. The molecule has 0 aliphatic heterocycles. The Kier molecular flexibility index (Phi) is 7.43. The Labute approximate surface area is 235 Å². The Hall–Kier alpha value is -3.40. The summed E-state index contributed by atoms with van der Waals surface area (Å²) in [6.45, 7) is 4.63. The number of halogens is 2. The number of anilines is 2. The summed E-state index contributed by atoms with van der Waals surface area (Å²) in [6, 6.07) is 23.7. The van der Waals surface area contributed by atoms with Crippen molar-refractivity contribution in [2.75, 3.05) is 10.0 Å². The van der Waals surface area contributed by atoms with E-state index in [9.17, 15) is 8.42 Å². The lowest BCUT2D eigenvalue weighted by Crippen LogP contribution is -2.13. The van der Waals surface area contributed by atoms with Crippen LogP contribution >= 0.6 is 27.5 Å². The molecule has 7 nitrogen and oxygen atoms in total. The van der Waals surface area contributed by atoms with Crippen molar-refractivity contribution >= 4 is 54.7 Å². The van der Waals surface area contributed by atoms with Gasteiger partial charge in [-0.2, -0.15) is 9.61 Å². The van der Waals surface area contributed by atoms with Crippen LogP contribution in [0.25, 0.3) is 16.9 Å². The molecule has 0 amide bonds. The molecule has 5 rings (SSSR count). The summed E-state index contributed by atoms with van der Waals surface area (Å²) in [7, 11) is -3.68. The van der Waals surface area contributed by atoms with E-state index in [0.717, 1.165) is 32.7 Å². The third-order valence-corrected chi connectivity index (χ3v) is 8.40. The van der Waals surface area contributed by atoms with Crippen molar-refractivity contribution < 1.29 is 8.42 Å². The van der Waals surface area contributed by atoms with Gasteiger partial charge in [-0.3, -0.25) is 4.72 Å². The summed E-state index contributed by atoms with van der Waals surface area (Å²) < 4.78 is 30.8. The smallest absolute Gasteiger partial charge is 0.261 e. The zero-order valence-electron chi connectivity index (χ0n) is 20.7. The van der Waals surface area contributed by atoms with Crippen molar-refractivity contribution in [3.05, 3.63) is 106 Å². The first kappa shape index (κ1) is 26.2. The maximum atomic E-state index is 12.8. The number of aromatic nitrogens is 3. The molecule has 2 N–H and O–H groups in total. The van der Waals surface area contributed by atoms with E-state index in [-0.39, 0.29) is 4.90 Å². The maximum Gasteiger partial charge on any atom is 0.261 e. The highest BCUT2D eigenvalue weighted by Gasteiger charge is 2.15. The maximum absolute atomic E-state index is 12.8. The Morgan fingerprint density at radius 3 is 2.39 bits per heavy atom. The molecule has 5 aromatic rings. The summed E-state index contributed by atoms with van der Waals surface area (Å²) in [5, 5.41) is 8.44. The topological polar surface area (TPSA) is 88.4 Å². The van der Waals surface area contributed by atoms with Crippen molar-refractivity contribution in [2.45, 2.75) is 31.2 Å². The van der Waals surface area contributed by atoms with Gasteiger partial charge < -0.3 is 5.32 Å². The molecule has 0 saturated carbocycles. The number of sulfonamides is 1. The van der Waals surface area contributed by atoms with Crippen LogP contribution in [0.1, 0.15) is 30.9 Å². The van der Waals surface area contributed by atoms with Crippen LogP contribution in [0.5, 0.6) is 0 Å². The van der Waals surface area contributed by atoms with E-state index in [0.29, 0.717) is 28.8 Å². The molecule has 0 aliphatic carbocycles. The predicted octanol–water partition coefficient (Wildman–Crippen LogP) is 7.35. The van der Waals surface area contributed by atoms with Gasteiger partial charge in [-0.25, -0.2) is 13.4 Å². The van der Waals surface area contributed by atoms with Gasteiger partial charge in [0.05, 0.1) is 21.3 Å². The normalized spacial score (nSPS) is 11.7. The number of nitrogens with zero attached hydrogens (tertiary/aromatic N) is 3. The monoisotopic (exact) mass is 609 g/mol. The molecule has 0 unspecified atom stereocenters.